The summed E-state index contributed by atoms with van der Waals surface area (Å²) in [6.07, 6.45) is 1.16. The Hall–Kier alpha value is -0.330. The van der Waals surface area contributed by atoms with Gasteiger partial charge in [0, 0.05) is 15.7 Å². The zero-order chi connectivity index (χ0) is 11.4. The van der Waals surface area contributed by atoms with Crippen molar-refractivity contribution in [1.82, 2.24) is 10.6 Å². The molecule has 1 heterocycles. The van der Waals surface area contributed by atoms with Gasteiger partial charge in [-0.2, -0.15) is 0 Å². The molecule has 2 rings (SSSR count). The number of rotatable bonds is 3. The summed E-state index contributed by atoms with van der Waals surface area (Å²) in [7, 11) is 0. The van der Waals surface area contributed by atoms with Crippen LogP contribution in [0, 0.1) is 9.49 Å². The Bertz CT molecular complexity index is 381. The lowest BCUT2D eigenvalue weighted by Gasteiger charge is -2.10. The van der Waals surface area contributed by atoms with Crippen molar-refractivity contribution in [2.24, 2.45) is 5.92 Å². The minimum absolute atomic E-state index is 0. The van der Waals surface area contributed by atoms with Crippen LogP contribution in [0.1, 0.15) is 16.8 Å². The molecular weight excluding hydrogens is 351 g/mol. The highest BCUT2D eigenvalue weighted by Gasteiger charge is 2.15. The summed E-state index contributed by atoms with van der Waals surface area (Å²) in [4.78, 5) is 11.8. The van der Waals surface area contributed by atoms with Crippen molar-refractivity contribution in [3.8, 4) is 0 Å². The maximum atomic E-state index is 11.8. The molecule has 1 atom stereocenters. The Kier molecular flexibility index (Phi) is 6.22. The first kappa shape index (κ1) is 14.7. The molecule has 1 amide bonds. The van der Waals surface area contributed by atoms with Crippen LogP contribution < -0.4 is 10.6 Å². The lowest BCUT2D eigenvalue weighted by Crippen LogP contribution is -2.30. The molecule has 2 N–H and O–H groups in total. The first-order chi connectivity index (χ1) is 7.75. The lowest BCUT2D eigenvalue weighted by atomic mass is 10.1. The van der Waals surface area contributed by atoms with Gasteiger partial charge < -0.3 is 10.6 Å². The van der Waals surface area contributed by atoms with E-state index >= 15 is 0 Å². The molecule has 0 radical (unpaired) electrons. The SMILES string of the molecule is Cl.O=C(NCC1CCNC1)c1cccc(I)c1. The number of carbonyl (C=O) groups excluding carboxylic acids is 1. The Morgan fingerprint density at radius 3 is 3.00 bits per heavy atom. The van der Waals surface area contributed by atoms with Gasteiger partial charge in [-0.25, -0.2) is 0 Å². The highest BCUT2D eigenvalue weighted by molar-refractivity contribution is 14.1. The molecule has 94 valence electrons. The second kappa shape index (κ2) is 7.18. The maximum Gasteiger partial charge on any atom is 0.251 e. The van der Waals surface area contributed by atoms with E-state index in [0.717, 1.165) is 35.2 Å². The monoisotopic (exact) mass is 366 g/mol. The van der Waals surface area contributed by atoms with Gasteiger partial charge in [0.1, 0.15) is 0 Å². The van der Waals surface area contributed by atoms with Gasteiger partial charge in [0.05, 0.1) is 0 Å². The van der Waals surface area contributed by atoms with Crippen molar-refractivity contribution in [2.45, 2.75) is 6.42 Å². The fraction of sp³-hybridized carbons (Fsp3) is 0.417. The number of nitrogens with one attached hydrogen (secondary N) is 2. The van der Waals surface area contributed by atoms with Gasteiger partial charge in [-0.3, -0.25) is 4.79 Å². The third-order valence-electron chi connectivity index (χ3n) is 2.80. The molecule has 1 aromatic rings. The molecule has 5 heteroatoms. The molecule has 0 saturated carbocycles. The summed E-state index contributed by atoms with van der Waals surface area (Å²) < 4.78 is 1.09. The van der Waals surface area contributed by atoms with E-state index in [-0.39, 0.29) is 18.3 Å². The highest BCUT2D eigenvalue weighted by Crippen LogP contribution is 2.09. The second-order valence-electron chi connectivity index (χ2n) is 4.08. The largest absolute Gasteiger partial charge is 0.352 e. The molecule has 0 spiro atoms. The summed E-state index contributed by atoms with van der Waals surface area (Å²) in [6.45, 7) is 2.87. The third-order valence-corrected chi connectivity index (χ3v) is 3.47. The third kappa shape index (κ3) is 4.44. The number of hydrogen-bond acceptors (Lipinski definition) is 2. The summed E-state index contributed by atoms with van der Waals surface area (Å²) in [6, 6.07) is 7.65. The standard InChI is InChI=1S/C12H15IN2O.ClH/c13-11-3-1-2-10(6-11)12(16)15-8-9-4-5-14-7-9;/h1-3,6,9,14H,4-5,7-8H2,(H,15,16);1H. The molecular formula is C12H16ClIN2O. The molecule has 0 bridgehead atoms. The topological polar surface area (TPSA) is 41.1 Å². The van der Waals surface area contributed by atoms with Crippen molar-refractivity contribution in [1.29, 1.82) is 0 Å². The first-order valence-corrected chi connectivity index (χ1v) is 6.58. The predicted molar refractivity (Wildman–Crippen MR) is 79.7 cm³/mol. The van der Waals surface area contributed by atoms with Crippen LogP contribution in [-0.2, 0) is 0 Å². The maximum absolute atomic E-state index is 11.8. The highest BCUT2D eigenvalue weighted by atomic mass is 127. The number of halogens is 2. The predicted octanol–water partition coefficient (Wildman–Crippen LogP) is 2.05. The zero-order valence-corrected chi connectivity index (χ0v) is 12.4. The Morgan fingerprint density at radius 1 is 1.53 bits per heavy atom. The van der Waals surface area contributed by atoms with E-state index in [0.29, 0.717) is 5.92 Å². The first-order valence-electron chi connectivity index (χ1n) is 5.50. The van der Waals surface area contributed by atoms with E-state index in [1.165, 1.54) is 0 Å². The Morgan fingerprint density at radius 2 is 2.35 bits per heavy atom. The number of hydrogen-bond donors (Lipinski definition) is 2. The van der Waals surface area contributed by atoms with Crippen LogP contribution in [0.5, 0.6) is 0 Å². The van der Waals surface area contributed by atoms with Crippen LogP contribution in [-0.4, -0.2) is 25.5 Å². The van der Waals surface area contributed by atoms with E-state index < -0.39 is 0 Å². The van der Waals surface area contributed by atoms with Gasteiger partial charge in [-0.15, -0.1) is 12.4 Å². The Labute approximate surface area is 121 Å². The molecule has 1 aliphatic rings. The summed E-state index contributed by atoms with van der Waals surface area (Å²) in [5.74, 6) is 0.622. The van der Waals surface area contributed by atoms with E-state index in [1.807, 2.05) is 24.3 Å². The summed E-state index contributed by atoms with van der Waals surface area (Å²) in [5.41, 5.74) is 0.748. The molecule has 1 fully saturated rings. The Balaban J connectivity index is 0.00000144. The van der Waals surface area contributed by atoms with Crippen LogP contribution in [0.25, 0.3) is 0 Å². The van der Waals surface area contributed by atoms with Gasteiger partial charge in [0.2, 0.25) is 0 Å². The lowest BCUT2D eigenvalue weighted by molar-refractivity contribution is 0.0948. The average molecular weight is 367 g/mol. The van der Waals surface area contributed by atoms with Gasteiger partial charge in [-0.05, 0) is 66.2 Å². The molecule has 1 aromatic carbocycles. The molecule has 3 nitrogen and oxygen atoms in total. The average Bonchev–Trinajstić information content (AvgIpc) is 2.78. The molecule has 0 aliphatic carbocycles. The van der Waals surface area contributed by atoms with Gasteiger partial charge >= 0.3 is 0 Å². The minimum atomic E-state index is 0. The summed E-state index contributed by atoms with van der Waals surface area (Å²) in [5, 5.41) is 6.28. The van der Waals surface area contributed by atoms with Crippen LogP contribution in [0.15, 0.2) is 24.3 Å². The zero-order valence-electron chi connectivity index (χ0n) is 9.41. The van der Waals surface area contributed by atoms with E-state index in [2.05, 4.69) is 33.2 Å². The minimum Gasteiger partial charge on any atom is -0.352 e. The molecule has 17 heavy (non-hydrogen) atoms. The van der Waals surface area contributed by atoms with Crippen LogP contribution in [0.2, 0.25) is 0 Å². The molecule has 1 saturated heterocycles. The number of amides is 1. The molecule has 1 unspecified atom stereocenters. The van der Waals surface area contributed by atoms with Gasteiger partial charge in [0.25, 0.3) is 5.91 Å². The van der Waals surface area contributed by atoms with Crippen molar-refractivity contribution < 1.29 is 4.79 Å². The van der Waals surface area contributed by atoms with Gasteiger partial charge in [-0.1, -0.05) is 6.07 Å². The fourth-order valence-electron chi connectivity index (χ4n) is 1.86. The number of benzene rings is 1. The van der Waals surface area contributed by atoms with Crippen LogP contribution in [0.4, 0.5) is 0 Å². The van der Waals surface area contributed by atoms with Crippen LogP contribution in [0.3, 0.4) is 0 Å². The van der Waals surface area contributed by atoms with Crippen LogP contribution >= 0.6 is 35.0 Å². The van der Waals surface area contributed by atoms with Gasteiger partial charge in [0.15, 0.2) is 0 Å². The fourth-order valence-corrected chi connectivity index (χ4v) is 2.40. The smallest absolute Gasteiger partial charge is 0.251 e. The molecule has 0 aromatic heterocycles. The van der Waals surface area contributed by atoms with Crippen molar-refractivity contribution in [2.75, 3.05) is 19.6 Å². The van der Waals surface area contributed by atoms with E-state index in [4.69, 9.17) is 0 Å². The quantitative estimate of drug-likeness (QED) is 0.804. The van der Waals surface area contributed by atoms with Crippen molar-refractivity contribution in [3.05, 3.63) is 33.4 Å². The normalized spacial score (nSPS) is 18.5. The number of carbonyl (C=O) groups is 1. The van der Waals surface area contributed by atoms with Crippen molar-refractivity contribution in [3.63, 3.8) is 0 Å². The summed E-state index contributed by atoms with van der Waals surface area (Å²) >= 11 is 2.22. The molecule has 1 aliphatic heterocycles. The van der Waals surface area contributed by atoms with Crippen molar-refractivity contribution >= 4 is 40.9 Å². The van der Waals surface area contributed by atoms with E-state index in [1.54, 1.807) is 0 Å². The van der Waals surface area contributed by atoms with E-state index in [9.17, 15) is 4.79 Å². The second-order valence-corrected chi connectivity index (χ2v) is 5.32.